The van der Waals surface area contributed by atoms with Crippen molar-refractivity contribution in [2.75, 3.05) is 6.54 Å². The first kappa shape index (κ1) is 18.0. The summed E-state index contributed by atoms with van der Waals surface area (Å²) in [6.45, 7) is 2.11. The summed E-state index contributed by atoms with van der Waals surface area (Å²) in [6.07, 6.45) is 0.184. The normalized spacial score (nSPS) is 11.9. The lowest BCUT2D eigenvalue weighted by atomic mass is 10.2. The molecule has 0 bridgehead atoms. The summed E-state index contributed by atoms with van der Waals surface area (Å²) >= 11 is 5.79. The molecule has 3 aromatic rings. The highest BCUT2D eigenvalue weighted by Gasteiger charge is 2.14. The van der Waals surface area contributed by atoms with E-state index in [-0.39, 0.29) is 30.8 Å². The molecule has 1 aromatic heterocycles. The molecule has 1 heterocycles. The number of halogens is 1. The highest BCUT2D eigenvalue weighted by atomic mass is 35.5. The van der Waals surface area contributed by atoms with Crippen molar-refractivity contribution < 1.29 is 14.0 Å². The molecule has 0 aliphatic carbocycles. The standard InChI is InChI=1S/C20H19ClN2O3/c1-13(18-12-15-4-2-3-5-17(15)26-18)23-19(24)10-11-22-20(25)14-6-8-16(21)9-7-14/h2-9,12-13H,10-11H2,1H3,(H,22,25)(H,23,24)/t13-/m0/s1. The van der Waals surface area contributed by atoms with Crippen LogP contribution in [0.15, 0.2) is 59.0 Å². The molecule has 0 spiro atoms. The highest BCUT2D eigenvalue weighted by Crippen LogP contribution is 2.23. The predicted octanol–water partition coefficient (Wildman–Crippen LogP) is 4.08. The van der Waals surface area contributed by atoms with E-state index in [2.05, 4.69) is 10.6 Å². The predicted molar refractivity (Wildman–Crippen MR) is 101 cm³/mol. The van der Waals surface area contributed by atoms with Gasteiger partial charge in [-0.3, -0.25) is 9.59 Å². The molecule has 5 nitrogen and oxygen atoms in total. The molecule has 0 radical (unpaired) electrons. The van der Waals surface area contributed by atoms with Gasteiger partial charge in [-0.2, -0.15) is 0 Å². The average molecular weight is 371 g/mol. The maximum Gasteiger partial charge on any atom is 0.251 e. The van der Waals surface area contributed by atoms with E-state index in [1.54, 1.807) is 24.3 Å². The van der Waals surface area contributed by atoms with Crippen LogP contribution in [0.2, 0.25) is 5.02 Å². The first-order chi connectivity index (χ1) is 12.5. The minimum absolute atomic E-state index is 0.158. The molecule has 0 aliphatic heterocycles. The number of hydrogen-bond donors (Lipinski definition) is 2. The van der Waals surface area contributed by atoms with Crippen LogP contribution in [0.3, 0.4) is 0 Å². The van der Waals surface area contributed by atoms with Crippen molar-refractivity contribution in [2.45, 2.75) is 19.4 Å². The Labute approximate surface area is 156 Å². The molecule has 0 unspecified atom stereocenters. The number of para-hydroxylation sites is 1. The molecule has 26 heavy (non-hydrogen) atoms. The molecule has 2 amide bonds. The van der Waals surface area contributed by atoms with Gasteiger partial charge in [0.15, 0.2) is 0 Å². The fourth-order valence-corrected chi connectivity index (χ4v) is 2.72. The van der Waals surface area contributed by atoms with Crippen LogP contribution in [0, 0.1) is 0 Å². The van der Waals surface area contributed by atoms with Gasteiger partial charge in [-0.1, -0.05) is 29.8 Å². The van der Waals surface area contributed by atoms with Crippen LogP contribution < -0.4 is 10.6 Å². The van der Waals surface area contributed by atoms with Crippen LogP contribution in [0.25, 0.3) is 11.0 Å². The third-order valence-corrected chi connectivity index (χ3v) is 4.24. The van der Waals surface area contributed by atoms with Crippen molar-refractivity contribution in [3.8, 4) is 0 Å². The third kappa shape index (κ3) is 4.43. The molecule has 134 valence electrons. The Morgan fingerprint density at radius 1 is 1.12 bits per heavy atom. The number of hydrogen-bond acceptors (Lipinski definition) is 3. The topological polar surface area (TPSA) is 71.3 Å². The van der Waals surface area contributed by atoms with Crippen LogP contribution in [0.1, 0.15) is 35.5 Å². The monoisotopic (exact) mass is 370 g/mol. The van der Waals surface area contributed by atoms with Crippen molar-refractivity contribution in [3.05, 3.63) is 70.9 Å². The summed E-state index contributed by atoms with van der Waals surface area (Å²) in [5, 5.41) is 7.16. The second kappa shape index (κ2) is 8.06. The number of carbonyl (C=O) groups is 2. The van der Waals surface area contributed by atoms with E-state index in [1.165, 1.54) is 0 Å². The molecule has 2 N–H and O–H groups in total. The van der Waals surface area contributed by atoms with Gasteiger partial charge in [0.2, 0.25) is 5.91 Å². The molecular formula is C20H19ClN2O3. The van der Waals surface area contributed by atoms with Gasteiger partial charge >= 0.3 is 0 Å². The summed E-state index contributed by atoms with van der Waals surface area (Å²) in [4.78, 5) is 24.1. The van der Waals surface area contributed by atoms with Crippen molar-refractivity contribution in [3.63, 3.8) is 0 Å². The summed E-state index contributed by atoms with van der Waals surface area (Å²) in [5.41, 5.74) is 1.30. The quantitative estimate of drug-likeness (QED) is 0.686. The van der Waals surface area contributed by atoms with Gasteiger partial charge < -0.3 is 15.1 Å². The van der Waals surface area contributed by atoms with E-state index in [0.29, 0.717) is 16.3 Å². The smallest absolute Gasteiger partial charge is 0.251 e. The van der Waals surface area contributed by atoms with Gasteiger partial charge in [-0.05, 0) is 43.3 Å². The number of fused-ring (bicyclic) bond motifs is 1. The fourth-order valence-electron chi connectivity index (χ4n) is 2.59. The Kier molecular flexibility index (Phi) is 5.58. The van der Waals surface area contributed by atoms with E-state index in [0.717, 1.165) is 11.0 Å². The first-order valence-electron chi connectivity index (χ1n) is 8.34. The Balaban J connectivity index is 1.47. The second-order valence-corrected chi connectivity index (χ2v) is 6.43. The van der Waals surface area contributed by atoms with Gasteiger partial charge in [-0.25, -0.2) is 0 Å². The SMILES string of the molecule is C[C@H](NC(=O)CCNC(=O)c1ccc(Cl)cc1)c1cc2ccccc2o1. The van der Waals surface area contributed by atoms with Crippen LogP contribution in [-0.4, -0.2) is 18.4 Å². The van der Waals surface area contributed by atoms with E-state index in [1.807, 2.05) is 37.3 Å². The van der Waals surface area contributed by atoms with Crippen LogP contribution in [0.5, 0.6) is 0 Å². The number of furan rings is 1. The Bertz CT molecular complexity index is 885. The maximum atomic E-state index is 12.1. The Morgan fingerprint density at radius 2 is 1.85 bits per heavy atom. The van der Waals surface area contributed by atoms with Gasteiger partial charge in [-0.15, -0.1) is 0 Å². The highest BCUT2D eigenvalue weighted by molar-refractivity contribution is 6.30. The van der Waals surface area contributed by atoms with Crippen molar-refractivity contribution >= 4 is 34.4 Å². The summed E-state index contributed by atoms with van der Waals surface area (Å²) < 4.78 is 5.75. The van der Waals surface area contributed by atoms with Crippen LogP contribution in [0.4, 0.5) is 0 Å². The summed E-state index contributed by atoms with van der Waals surface area (Å²) in [5.74, 6) is 0.305. The number of rotatable bonds is 6. The van der Waals surface area contributed by atoms with Crippen molar-refractivity contribution in [1.29, 1.82) is 0 Å². The summed E-state index contributed by atoms with van der Waals surface area (Å²) in [7, 11) is 0. The molecule has 0 saturated carbocycles. The van der Waals surface area contributed by atoms with Gasteiger partial charge in [0.25, 0.3) is 5.91 Å². The molecule has 0 saturated heterocycles. The van der Waals surface area contributed by atoms with E-state index < -0.39 is 0 Å². The lowest BCUT2D eigenvalue weighted by Gasteiger charge is -2.11. The zero-order chi connectivity index (χ0) is 18.5. The molecule has 2 aromatic carbocycles. The third-order valence-electron chi connectivity index (χ3n) is 3.99. The largest absolute Gasteiger partial charge is 0.459 e. The Hall–Kier alpha value is -2.79. The number of carbonyl (C=O) groups excluding carboxylic acids is 2. The minimum Gasteiger partial charge on any atom is -0.459 e. The molecular weight excluding hydrogens is 352 g/mol. The molecule has 0 aliphatic rings. The lowest BCUT2D eigenvalue weighted by Crippen LogP contribution is -2.31. The number of benzene rings is 2. The van der Waals surface area contributed by atoms with Crippen LogP contribution >= 0.6 is 11.6 Å². The zero-order valence-electron chi connectivity index (χ0n) is 14.3. The number of nitrogens with one attached hydrogen (secondary N) is 2. The molecule has 1 atom stereocenters. The van der Waals surface area contributed by atoms with Crippen molar-refractivity contribution in [2.24, 2.45) is 0 Å². The number of amides is 2. The Morgan fingerprint density at radius 3 is 2.58 bits per heavy atom. The van der Waals surface area contributed by atoms with Gasteiger partial charge in [0, 0.05) is 28.9 Å². The van der Waals surface area contributed by atoms with Crippen molar-refractivity contribution in [1.82, 2.24) is 10.6 Å². The maximum absolute atomic E-state index is 12.1. The summed E-state index contributed by atoms with van der Waals surface area (Å²) in [6, 6.07) is 15.9. The van der Waals surface area contributed by atoms with Crippen LogP contribution in [-0.2, 0) is 4.79 Å². The second-order valence-electron chi connectivity index (χ2n) is 5.99. The van der Waals surface area contributed by atoms with Gasteiger partial charge in [0.05, 0.1) is 6.04 Å². The van der Waals surface area contributed by atoms with E-state index in [4.69, 9.17) is 16.0 Å². The van der Waals surface area contributed by atoms with E-state index in [9.17, 15) is 9.59 Å². The average Bonchev–Trinajstić information content (AvgIpc) is 3.06. The molecule has 6 heteroatoms. The zero-order valence-corrected chi connectivity index (χ0v) is 15.0. The first-order valence-corrected chi connectivity index (χ1v) is 8.72. The molecule has 0 fully saturated rings. The van der Waals surface area contributed by atoms with E-state index >= 15 is 0 Å². The lowest BCUT2D eigenvalue weighted by molar-refractivity contribution is -0.121. The molecule has 3 rings (SSSR count). The fraction of sp³-hybridized carbons (Fsp3) is 0.200. The minimum atomic E-state index is -0.248. The van der Waals surface area contributed by atoms with Gasteiger partial charge in [0.1, 0.15) is 11.3 Å².